The summed E-state index contributed by atoms with van der Waals surface area (Å²) in [7, 11) is 1.98. The van der Waals surface area contributed by atoms with Crippen molar-refractivity contribution in [3.63, 3.8) is 0 Å². The Morgan fingerprint density at radius 3 is 2.78 bits per heavy atom. The summed E-state index contributed by atoms with van der Waals surface area (Å²) in [4.78, 5) is 2.09. The van der Waals surface area contributed by atoms with Gasteiger partial charge >= 0.3 is 0 Å². The lowest BCUT2D eigenvalue weighted by Crippen LogP contribution is -2.63. The van der Waals surface area contributed by atoms with Crippen molar-refractivity contribution in [2.45, 2.75) is 31.4 Å². The molecule has 1 fully saturated rings. The zero-order valence-corrected chi connectivity index (χ0v) is 11.0. The molecule has 1 aromatic carbocycles. The number of hydrogen-bond donors (Lipinski definition) is 1. The van der Waals surface area contributed by atoms with Crippen LogP contribution < -0.4 is 10.6 Å². The van der Waals surface area contributed by atoms with Crippen LogP contribution in [-0.4, -0.2) is 31.8 Å². The maximum Gasteiger partial charge on any atom is 0.125 e. The normalized spacial score (nSPS) is 26.8. The molecule has 0 aliphatic heterocycles. The molecule has 0 atom stereocenters. The van der Waals surface area contributed by atoms with Gasteiger partial charge in [0, 0.05) is 25.9 Å². The summed E-state index contributed by atoms with van der Waals surface area (Å²) in [6.45, 7) is 3.29. The smallest absolute Gasteiger partial charge is 0.125 e. The first-order chi connectivity index (χ1) is 8.61. The fraction of sp³-hybridized carbons (Fsp3) is 0.571. The Kier molecular flexibility index (Phi) is 3.88. The third kappa shape index (κ3) is 2.35. The third-order valence-corrected chi connectivity index (χ3v) is 3.90. The number of nitrogens with two attached hydrogens (primary N) is 1. The van der Waals surface area contributed by atoms with E-state index in [0.717, 1.165) is 25.1 Å². The van der Waals surface area contributed by atoms with Crippen LogP contribution in [-0.2, 0) is 4.74 Å². The molecule has 0 radical (unpaired) electrons. The van der Waals surface area contributed by atoms with Crippen LogP contribution in [0.2, 0.25) is 0 Å². The van der Waals surface area contributed by atoms with Crippen molar-refractivity contribution in [3.05, 3.63) is 30.1 Å². The zero-order valence-electron chi connectivity index (χ0n) is 11.0. The number of benzene rings is 1. The highest BCUT2D eigenvalue weighted by Gasteiger charge is 2.47. The van der Waals surface area contributed by atoms with Crippen LogP contribution in [0.5, 0.6) is 0 Å². The van der Waals surface area contributed by atoms with Gasteiger partial charge in [-0.2, -0.15) is 0 Å². The topological polar surface area (TPSA) is 38.5 Å². The highest BCUT2D eigenvalue weighted by atomic mass is 19.1. The second kappa shape index (κ2) is 5.24. The average Bonchev–Trinajstić information content (AvgIpc) is 2.32. The summed E-state index contributed by atoms with van der Waals surface area (Å²) in [5, 5.41) is 0. The van der Waals surface area contributed by atoms with Crippen molar-refractivity contribution in [1.82, 2.24) is 0 Å². The van der Waals surface area contributed by atoms with E-state index in [1.807, 2.05) is 20.0 Å². The van der Waals surface area contributed by atoms with Gasteiger partial charge < -0.3 is 15.4 Å². The van der Waals surface area contributed by atoms with Crippen LogP contribution in [0.1, 0.15) is 19.8 Å². The van der Waals surface area contributed by atoms with Gasteiger partial charge in [-0.25, -0.2) is 4.39 Å². The van der Waals surface area contributed by atoms with Gasteiger partial charge in [-0.3, -0.25) is 0 Å². The first-order valence-corrected chi connectivity index (χ1v) is 6.42. The summed E-state index contributed by atoms with van der Waals surface area (Å²) in [6, 6.07) is 6.64. The Hall–Kier alpha value is -1.13. The van der Waals surface area contributed by atoms with Gasteiger partial charge in [0.2, 0.25) is 0 Å². The van der Waals surface area contributed by atoms with E-state index in [9.17, 15) is 4.39 Å². The molecule has 100 valence electrons. The van der Waals surface area contributed by atoms with E-state index in [-0.39, 0.29) is 17.5 Å². The van der Waals surface area contributed by atoms with Crippen molar-refractivity contribution in [2.24, 2.45) is 5.73 Å². The second-order valence-electron chi connectivity index (χ2n) is 4.95. The quantitative estimate of drug-likeness (QED) is 0.872. The lowest BCUT2D eigenvalue weighted by molar-refractivity contribution is -0.0355. The van der Waals surface area contributed by atoms with E-state index in [1.54, 1.807) is 12.1 Å². The average molecular weight is 252 g/mol. The van der Waals surface area contributed by atoms with E-state index in [2.05, 4.69) is 4.90 Å². The molecule has 0 aromatic heterocycles. The largest absolute Gasteiger partial charge is 0.378 e. The molecule has 4 heteroatoms. The van der Waals surface area contributed by atoms with Crippen molar-refractivity contribution in [3.8, 4) is 0 Å². The Labute approximate surface area is 108 Å². The maximum absolute atomic E-state index is 13.3. The van der Waals surface area contributed by atoms with E-state index >= 15 is 0 Å². The van der Waals surface area contributed by atoms with Gasteiger partial charge in [0.25, 0.3) is 0 Å². The minimum absolute atomic E-state index is 0.0897. The van der Waals surface area contributed by atoms with Gasteiger partial charge in [-0.1, -0.05) is 6.07 Å². The highest BCUT2D eigenvalue weighted by molar-refractivity contribution is 5.49. The molecule has 0 spiro atoms. The summed E-state index contributed by atoms with van der Waals surface area (Å²) in [5.74, 6) is -0.216. The number of anilines is 1. The highest BCUT2D eigenvalue weighted by Crippen LogP contribution is 2.40. The molecule has 2 rings (SSSR count). The second-order valence-corrected chi connectivity index (χ2v) is 4.95. The number of rotatable bonds is 5. The fourth-order valence-electron chi connectivity index (χ4n) is 2.68. The molecule has 3 nitrogen and oxygen atoms in total. The fourth-order valence-corrected chi connectivity index (χ4v) is 2.68. The molecule has 1 aliphatic rings. The molecule has 0 amide bonds. The Morgan fingerprint density at radius 1 is 1.50 bits per heavy atom. The molecular weight excluding hydrogens is 231 g/mol. The molecule has 1 saturated carbocycles. The summed E-state index contributed by atoms with van der Waals surface area (Å²) < 4.78 is 18.8. The van der Waals surface area contributed by atoms with Gasteiger partial charge in [-0.05, 0) is 38.0 Å². The van der Waals surface area contributed by atoms with E-state index in [4.69, 9.17) is 10.5 Å². The number of halogens is 1. The molecule has 1 aromatic rings. The van der Waals surface area contributed by atoms with Crippen LogP contribution in [0.4, 0.5) is 10.1 Å². The SMILES string of the molecule is CCOC1CC(CN)(N(C)c2cccc(F)c2)C1. The van der Waals surface area contributed by atoms with E-state index in [1.165, 1.54) is 6.07 Å². The number of likely N-dealkylation sites (N-methyl/N-ethyl adjacent to an activating group) is 1. The lowest BCUT2D eigenvalue weighted by atomic mass is 9.72. The van der Waals surface area contributed by atoms with Crippen LogP contribution >= 0.6 is 0 Å². The lowest BCUT2D eigenvalue weighted by Gasteiger charge is -2.53. The van der Waals surface area contributed by atoms with Crippen LogP contribution in [0.15, 0.2) is 24.3 Å². The van der Waals surface area contributed by atoms with Gasteiger partial charge in [-0.15, -0.1) is 0 Å². The van der Waals surface area contributed by atoms with Crippen molar-refractivity contribution in [1.29, 1.82) is 0 Å². The number of ether oxygens (including phenoxy) is 1. The molecule has 1 aliphatic carbocycles. The maximum atomic E-state index is 13.3. The van der Waals surface area contributed by atoms with Crippen LogP contribution in [0.3, 0.4) is 0 Å². The molecular formula is C14H21FN2O. The predicted octanol–water partition coefficient (Wildman–Crippen LogP) is 2.16. The predicted molar refractivity (Wildman–Crippen MR) is 71.2 cm³/mol. The van der Waals surface area contributed by atoms with Crippen molar-refractivity contribution < 1.29 is 9.13 Å². The van der Waals surface area contributed by atoms with Crippen LogP contribution in [0, 0.1) is 5.82 Å². The van der Waals surface area contributed by atoms with Gasteiger partial charge in [0.15, 0.2) is 0 Å². The third-order valence-electron chi connectivity index (χ3n) is 3.90. The Balaban J connectivity index is 2.10. The van der Waals surface area contributed by atoms with E-state index in [0.29, 0.717) is 6.54 Å². The number of nitrogens with zero attached hydrogens (tertiary/aromatic N) is 1. The Morgan fingerprint density at radius 2 is 2.22 bits per heavy atom. The zero-order chi connectivity index (χ0) is 13.2. The molecule has 0 bridgehead atoms. The molecule has 18 heavy (non-hydrogen) atoms. The van der Waals surface area contributed by atoms with Gasteiger partial charge in [0.1, 0.15) is 5.82 Å². The molecule has 0 saturated heterocycles. The number of hydrogen-bond acceptors (Lipinski definition) is 3. The van der Waals surface area contributed by atoms with Crippen LogP contribution in [0.25, 0.3) is 0 Å². The Bertz CT molecular complexity index is 405. The minimum Gasteiger partial charge on any atom is -0.378 e. The van der Waals surface area contributed by atoms with E-state index < -0.39 is 0 Å². The standard InChI is InChI=1S/C14H21FN2O/c1-3-18-13-8-14(9-13,10-16)17(2)12-6-4-5-11(15)7-12/h4-7,13H,3,8-10,16H2,1-2H3. The summed E-state index contributed by atoms with van der Waals surface area (Å²) in [5.41, 5.74) is 6.69. The first-order valence-electron chi connectivity index (χ1n) is 6.42. The van der Waals surface area contributed by atoms with Crippen molar-refractivity contribution >= 4 is 5.69 Å². The molecule has 0 unspecified atom stereocenters. The van der Waals surface area contributed by atoms with Crippen molar-refractivity contribution in [2.75, 3.05) is 25.1 Å². The molecule has 2 N–H and O–H groups in total. The van der Waals surface area contributed by atoms with Gasteiger partial charge in [0.05, 0.1) is 11.6 Å². The first kappa shape index (κ1) is 13.3. The summed E-state index contributed by atoms with van der Waals surface area (Å²) >= 11 is 0. The monoisotopic (exact) mass is 252 g/mol. The summed E-state index contributed by atoms with van der Waals surface area (Å²) in [6.07, 6.45) is 2.10. The minimum atomic E-state index is -0.216. The molecule has 0 heterocycles.